The number of ketones is 1. The minimum Gasteiger partial charge on any atom is -0.444 e. The van der Waals surface area contributed by atoms with Crippen LogP contribution in [-0.2, 0) is 51.8 Å². The quantitative estimate of drug-likeness (QED) is 0.187. The van der Waals surface area contributed by atoms with E-state index in [-0.39, 0.29) is 51.1 Å². The van der Waals surface area contributed by atoms with E-state index in [1.54, 1.807) is 32.9 Å². The Morgan fingerprint density at radius 1 is 1.13 bits per heavy atom. The minimum atomic E-state index is -3.97. The molecule has 2 aliphatic carbocycles. The summed E-state index contributed by atoms with van der Waals surface area (Å²) in [7, 11) is -3.97. The number of nitrogens with zero attached hydrogens (tertiary/aromatic N) is 2. The second-order valence-electron chi connectivity index (χ2n) is 15.2. The van der Waals surface area contributed by atoms with Crippen molar-refractivity contribution in [3.63, 3.8) is 0 Å². The van der Waals surface area contributed by atoms with E-state index in [0.29, 0.717) is 30.4 Å². The first-order chi connectivity index (χ1) is 25.4. The third-order valence-electron chi connectivity index (χ3n) is 9.76. The van der Waals surface area contributed by atoms with E-state index in [0.717, 1.165) is 4.90 Å². The Bertz CT molecular complexity index is 1840. The second-order valence-corrected chi connectivity index (χ2v) is 17.1. The number of hydrogen-bond acceptors (Lipinski definition) is 10. The lowest BCUT2D eigenvalue weighted by Crippen LogP contribution is -2.58. The van der Waals surface area contributed by atoms with Crippen LogP contribution in [0.3, 0.4) is 0 Å². The van der Waals surface area contributed by atoms with Gasteiger partial charge < -0.3 is 25.0 Å². The number of nitrogens with one attached hydrogen (secondary N) is 3. The summed E-state index contributed by atoms with van der Waals surface area (Å²) in [5, 5.41) is 4.48. The van der Waals surface area contributed by atoms with Crippen molar-refractivity contribution < 1.29 is 51.0 Å². The van der Waals surface area contributed by atoms with Crippen LogP contribution in [-0.4, -0.2) is 95.0 Å². The summed E-state index contributed by atoms with van der Waals surface area (Å²) in [6.07, 6.45) is 2.57. The molecule has 5 amide bonds. The highest BCUT2D eigenvalue weighted by Gasteiger charge is 2.62. The number of sulfonamides is 1. The molecule has 54 heavy (non-hydrogen) atoms. The summed E-state index contributed by atoms with van der Waals surface area (Å²) in [5.74, 6) is -3.94. The van der Waals surface area contributed by atoms with Gasteiger partial charge in [0, 0.05) is 30.9 Å². The van der Waals surface area contributed by atoms with Crippen LogP contribution in [0.25, 0.3) is 0 Å². The molecule has 0 aromatic heterocycles. The fourth-order valence-corrected chi connectivity index (χ4v) is 8.01. The normalized spacial score (nSPS) is 24.0. The maximum absolute atomic E-state index is 14.4. The largest absolute Gasteiger partial charge is 0.444 e. The number of benzene rings is 1. The first kappa shape index (κ1) is 40.4. The molecule has 4 aliphatic rings. The summed E-state index contributed by atoms with van der Waals surface area (Å²) in [5.41, 5.74) is -1.64. The molecular formula is C37H48FN5O10S. The molecule has 1 aromatic rings. The van der Waals surface area contributed by atoms with Crippen molar-refractivity contribution in [1.82, 2.24) is 25.2 Å². The number of carbonyl (C=O) groups excluding carboxylic acids is 6. The molecule has 2 aliphatic heterocycles. The van der Waals surface area contributed by atoms with Crippen LogP contribution in [0.1, 0.15) is 83.8 Å². The number of likely N-dealkylation sites (tertiary alicyclic amines) is 1. The van der Waals surface area contributed by atoms with Crippen LogP contribution in [0.5, 0.6) is 0 Å². The number of allylic oxidation sites excluding steroid dienone is 2. The highest BCUT2D eigenvalue weighted by Crippen LogP contribution is 2.45. The van der Waals surface area contributed by atoms with Crippen molar-refractivity contribution in [2.75, 3.05) is 6.54 Å². The maximum atomic E-state index is 14.4. The predicted octanol–water partition coefficient (Wildman–Crippen LogP) is 3.13. The Kier molecular flexibility index (Phi) is 11.9. The average Bonchev–Trinajstić information content (AvgIpc) is 3.98. The fourth-order valence-electron chi connectivity index (χ4n) is 6.65. The predicted molar refractivity (Wildman–Crippen MR) is 192 cm³/mol. The van der Waals surface area contributed by atoms with E-state index in [2.05, 4.69) is 21.9 Å². The van der Waals surface area contributed by atoms with E-state index in [9.17, 15) is 41.6 Å². The van der Waals surface area contributed by atoms with Gasteiger partial charge in [-0.3, -0.25) is 28.8 Å². The third-order valence-corrected chi connectivity index (χ3v) is 11.6. The van der Waals surface area contributed by atoms with E-state index in [1.807, 2.05) is 6.92 Å². The van der Waals surface area contributed by atoms with Gasteiger partial charge in [0.15, 0.2) is 5.78 Å². The molecule has 3 N–H and O–H groups in total. The molecule has 3 fully saturated rings. The van der Waals surface area contributed by atoms with Crippen molar-refractivity contribution in [2.45, 2.75) is 120 Å². The molecule has 5 atom stereocenters. The molecule has 2 heterocycles. The molecule has 0 bridgehead atoms. The van der Waals surface area contributed by atoms with Gasteiger partial charge in [0.05, 0.1) is 18.3 Å². The molecule has 0 radical (unpaired) electrons. The monoisotopic (exact) mass is 773 g/mol. The zero-order chi connectivity index (χ0) is 39.6. The van der Waals surface area contributed by atoms with E-state index in [1.165, 1.54) is 29.2 Å². The van der Waals surface area contributed by atoms with Crippen LogP contribution in [0.2, 0.25) is 0 Å². The first-order valence-corrected chi connectivity index (χ1v) is 19.6. The van der Waals surface area contributed by atoms with Gasteiger partial charge in [0.2, 0.25) is 21.8 Å². The molecule has 1 saturated heterocycles. The van der Waals surface area contributed by atoms with Gasteiger partial charge in [-0.2, -0.15) is 0 Å². The summed E-state index contributed by atoms with van der Waals surface area (Å²) in [6, 6.07) is 1.80. The van der Waals surface area contributed by atoms with Crippen LogP contribution in [0.15, 0.2) is 43.0 Å². The topological polar surface area (TPSA) is 198 Å². The summed E-state index contributed by atoms with van der Waals surface area (Å²) < 4.78 is 53.0. The van der Waals surface area contributed by atoms with E-state index >= 15 is 0 Å². The van der Waals surface area contributed by atoms with Gasteiger partial charge in [-0.15, -0.1) is 6.58 Å². The zero-order valence-corrected chi connectivity index (χ0v) is 31.7. The minimum absolute atomic E-state index is 0.0488. The van der Waals surface area contributed by atoms with Crippen LogP contribution < -0.4 is 15.4 Å². The zero-order valence-electron chi connectivity index (χ0n) is 30.9. The Balaban J connectivity index is 1.39. The number of ether oxygens (including phenoxy) is 2. The van der Waals surface area contributed by atoms with Crippen LogP contribution in [0.4, 0.5) is 14.0 Å². The Morgan fingerprint density at radius 3 is 2.46 bits per heavy atom. The van der Waals surface area contributed by atoms with Gasteiger partial charge in [0.25, 0.3) is 5.91 Å². The Morgan fingerprint density at radius 2 is 1.85 bits per heavy atom. The summed E-state index contributed by atoms with van der Waals surface area (Å²) in [6.45, 7) is 10.2. The number of carbonyl (C=O) groups is 6. The molecule has 17 heteroatoms. The van der Waals surface area contributed by atoms with E-state index in [4.69, 9.17) is 9.47 Å². The van der Waals surface area contributed by atoms with Crippen molar-refractivity contribution >= 4 is 45.7 Å². The fraction of sp³-hybridized carbons (Fsp3) is 0.568. The highest BCUT2D eigenvalue weighted by atomic mass is 32.2. The van der Waals surface area contributed by atoms with Crippen molar-refractivity contribution in [3.05, 3.63) is 60.0 Å². The van der Waals surface area contributed by atoms with Gasteiger partial charge in [0.1, 0.15) is 35.1 Å². The van der Waals surface area contributed by atoms with Crippen LogP contribution in [0, 0.1) is 11.7 Å². The average molecular weight is 774 g/mol. The molecule has 294 valence electrons. The Labute approximate surface area is 314 Å². The second kappa shape index (κ2) is 15.9. The number of halogens is 1. The maximum Gasteiger partial charge on any atom is 0.410 e. The molecule has 5 rings (SSSR count). The molecule has 0 spiro atoms. The lowest BCUT2D eigenvalue weighted by Gasteiger charge is -2.30. The summed E-state index contributed by atoms with van der Waals surface area (Å²) in [4.78, 5) is 83.2. The van der Waals surface area contributed by atoms with Crippen molar-refractivity contribution in [1.29, 1.82) is 0 Å². The number of alkyl carbamates (subject to hydrolysis) is 1. The van der Waals surface area contributed by atoms with Crippen molar-refractivity contribution in [2.24, 2.45) is 5.92 Å². The lowest BCUT2D eigenvalue weighted by molar-refractivity contribution is -0.141. The number of amides is 5. The van der Waals surface area contributed by atoms with Crippen molar-refractivity contribution in [3.8, 4) is 0 Å². The van der Waals surface area contributed by atoms with Crippen LogP contribution >= 0.6 is 0 Å². The SMILES string of the molecule is C=CC1C[C@]1(NC(=O)C1C[C@@H](OC(=O)N2Cc3cccc(F)c3C2)CN1C(=O)[C@H](CCC(=O)/C=C/CC)NC(=O)OC(C)(C)C)C(=O)NS(=O)(=O)C1CC1. The molecular weight excluding hydrogens is 725 g/mol. The highest BCUT2D eigenvalue weighted by molar-refractivity contribution is 7.91. The van der Waals surface area contributed by atoms with E-state index < -0.39 is 86.2 Å². The molecule has 2 unspecified atom stereocenters. The summed E-state index contributed by atoms with van der Waals surface area (Å²) >= 11 is 0. The van der Waals surface area contributed by atoms with Gasteiger partial charge in [-0.25, -0.2) is 22.4 Å². The smallest absolute Gasteiger partial charge is 0.410 e. The molecule has 1 aromatic carbocycles. The van der Waals surface area contributed by atoms with Gasteiger partial charge >= 0.3 is 12.2 Å². The number of hydrogen-bond donors (Lipinski definition) is 3. The Hall–Kier alpha value is -4.80. The lowest BCUT2D eigenvalue weighted by atomic mass is 10.1. The number of fused-ring (bicyclic) bond motifs is 1. The first-order valence-electron chi connectivity index (χ1n) is 18.1. The van der Waals surface area contributed by atoms with Gasteiger partial charge in [-0.1, -0.05) is 31.2 Å². The number of rotatable bonds is 14. The van der Waals surface area contributed by atoms with Gasteiger partial charge in [-0.05, 0) is 70.6 Å². The molecule has 15 nitrogen and oxygen atoms in total. The third kappa shape index (κ3) is 9.46. The molecule has 2 saturated carbocycles. The standard InChI is InChI=1S/C37H48FN5O10S/c1-6-8-11-24(44)13-16-29(39-34(48)53-36(3,4)5)32(46)43-20-25(52-35(49)42-19-22-10-9-12-28(38)27(22)21-42)17-30(43)31(45)40-37(18-23(37)7-2)33(47)41-54(50,51)26-14-15-26/h7-12,23,25-26,29-30H,2,6,13-21H2,1,3-5H3,(H,39,48)(H,40,45)(H,41,47)/b11-8+/t23?,25-,29+,30?,37-/m1/s1.